The first-order valence-electron chi connectivity index (χ1n) is 12.4. The van der Waals surface area contributed by atoms with Crippen LogP contribution in [0.3, 0.4) is 0 Å². The average Bonchev–Trinajstić information content (AvgIpc) is 3.25. The SMILES string of the molecule is CN(C)CCCN1CCN(c2nc(N(C)CC(=O)O)c3ncn(Cc4ccc(C(F)(F)F)cc4)c3n2)CC1. The Morgan fingerprint density at radius 1 is 1.05 bits per heavy atom. The van der Waals surface area contributed by atoms with Crippen molar-refractivity contribution in [1.29, 1.82) is 0 Å². The molecule has 0 bridgehead atoms. The summed E-state index contributed by atoms with van der Waals surface area (Å²) in [5.41, 5.74) is 0.881. The highest BCUT2D eigenvalue weighted by molar-refractivity contribution is 5.87. The van der Waals surface area contributed by atoms with Gasteiger partial charge >= 0.3 is 12.1 Å². The Balaban J connectivity index is 1.59. The van der Waals surface area contributed by atoms with Gasteiger partial charge in [-0.3, -0.25) is 9.69 Å². The molecule has 3 aromatic rings. The van der Waals surface area contributed by atoms with Crippen LogP contribution in [-0.2, 0) is 17.5 Å². The zero-order chi connectivity index (χ0) is 27.4. The predicted octanol–water partition coefficient (Wildman–Crippen LogP) is 2.49. The molecule has 13 heteroatoms. The molecule has 0 aliphatic carbocycles. The first-order chi connectivity index (χ1) is 18.0. The summed E-state index contributed by atoms with van der Waals surface area (Å²) >= 11 is 0. The third-order valence-corrected chi connectivity index (χ3v) is 6.54. The van der Waals surface area contributed by atoms with E-state index in [0.717, 1.165) is 57.8 Å². The quantitative estimate of drug-likeness (QED) is 0.421. The van der Waals surface area contributed by atoms with Gasteiger partial charge < -0.3 is 24.4 Å². The standard InChI is InChI=1S/C25H33F3N8O2/c1-32(2)9-4-10-34-11-13-35(14-12-34)24-30-22(33(3)16-20(37)38)21-23(31-24)36(17-29-21)15-18-5-7-19(8-6-18)25(26,27)28/h5-8,17H,4,9-16H2,1-3H3,(H,37,38). The fourth-order valence-corrected chi connectivity index (χ4v) is 4.50. The number of fused-ring (bicyclic) bond motifs is 1. The first-order valence-corrected chi connectivity index (χ1v) is 12.4. The number of imidazole rings is 1. The number of carbonyl (C=O) groups is 1. The van der Waals surface area contributed by atoms with Gasteiger partial charge in [-0.1, -0.05) is 12.1 Å². The number of nitrogens with zero attached hydrogens (tertiary/aromatic N) is 8. The van der Waals surface area contributed by atoms with E-state index in [9.17, 15) is 23.1 Å². The summed E-state index contributed by atoms with van der Waals surface area (Å²) in [5, 5.41) is 9.34. The van der Waals surface area contributed by atoms with Gasteiger partial charge in [-0.15, -0.1) is 0 Å². The molecule has 4 rings (SSSR count). The van der Waals surface area contributed by atoms with Crippen LogP contribution in [0.15, 0.2) is 30.6 Å². The highest BCUT2D eigenvalue weighted by atomic mass is 19.4. The van der Waals surface area contributed by atoms with Gasteiger partial charge in [-0.25, -0.2) is 4.98 Å². The van der Waals surface area contributed by atoms with Gasteiger partial charge in [0.15, 0.2) is 17.0 Å². The van der Waals surface area contributed by atoms with Gasteiger partial charge in [0.1, 0.15) is 6.54 Å². The van der Waals surface area contributed by atoms with Crippen LogP contribution in [0.4, 0.5) is 24.9 Å². The van der Waals surface area contributed by atoms with Crippen LogP contribution >= 0.6 is 0 Å². The monoisotopic (exact) mass is 534 g/mol. The van der Waals surface area contributed by atoms with E-state index in [-0.39, 0.29) is 13.1 Å². The van der Waals surface area contributed by atoms with Crippen molar-refractivity contribution in [3.63, 3.8) is 0 Å². The third-order valence-electron chi connectivity index (χ3n) is 6.54. The molecule has 1 saturated heterocycles. The topological polar surface area (TPSA) is 93.9 Å². The van der Waals surface area contributed by atoms with Crippen LogP contribution < -0.4 is 9.80 Å². The zero-order valence-electron chi connectivity index (χ0n) is 21.8. The molecule has 0 radical (unpaired) electrons. The molecular formula is C25H33F3N8O2. The molecule has 1 aromatic carbocycles. The molecule has 1 aliphatic heterocycles. The molecule has 0 atom stereocenters. The molecular weight excluding hydrogens is 501 g/mol. The Bertz CT molecular complexity index is 1240. The zero-order valence-corrected chi connectivity index (χ0v) is 21.8. The van der Waals surface area contributed by atoms with Crippen LogP contribution in [0.5, 0.6) is 0 Å². The van der Waals surface area contributed by atoms with Crippen molar-refractivity contribution in [2.75, 3.05) is 76.8 Å². The molecule has 1 aliphatic rings. The summed E-state index contributed by atoms with van der Waals surface area (Å²) in [4.78, 5) is 33.5. The van der Waals surface area contributed by atoms with Crippen LogP contribution in [0.1, 0.15) is 17.5 Å². The van der Waals surface area contributed by atoms with Crippen molar-refractivity contribution in [3.05, 3.63) is 41.7 Å². The minimum atomic E-state index is -4.40. The molecule has 10 nitrogen and oxygen atoms in total. The van der Waals surface area contributed by atoms with Crippen molar-refractivity contribution >= 4 is 28.9 Å². The van der Waals surface area contributed by atoms with Crippen LogP contribution in [0.2, 0.25) is 0 Å². The lowest BCUT2D eigenvalue weighted by Gasteiger charge is -2.35. The Labute approximate surface area is 219 Å². The second-order valence-corrected chi connectivity index (χ2v) is 9.82. The molecule has 0 unspecified atom stereocenters. The second-order valence-electron chi connectivity index (χ2n) is 9.82. The minimum absolute atomic E-state index is 0.257. The summed E-state index contributed by atoms with van der Waals surface area (Å²) in [6.07, 6.45) is -1.76. The molecule has 3 heterocycles. The van der Waals surface area contributed by atoms with Crippen molar-refractivity contribution in [3.8, 4) is 0 Å². The number of hydrogen-bond donors (Lipinski definition) is 1. The molecule has 0 spiro atoms. The summed E-state index contributed by atoms with van der Waals surface area (Å²) in [6, 6.07) is 4.98. The van der Waals surface area contributed by atoms with Crippen molar-refractivity contribution in [2.45, 2.75) is 19.1 Å². The van der Waals surface area contributed by atoms with Gasteiger partial charge in [-0.05, 0) is 51.3 Å². The number of carboxylic acid groups (broad SMARTS) is 1. The van der Waals surface area contributed by atoms with E-state index < -0.39 is 17.7 Å². The maximum Gasteiger partial charge on any atom is 0.416 e. The number of aliphatic carboxylic acids is 1. The van der Waals surface area contributed by atoms with E-state index >= 15 is 0 Å². The lowest BCUT2D eigenvalue weighted by molar-refractivity contribution is -0.137. The lowest BCUT2D eigenvalue weighted by atomic mass is 10.1. The number of hydrogen-bond acceptors (Lipinski definition) is 8. The third kappa shape index (κ3) is 6.70. The van der Waals surface area contributed by atoms with Crippen LogP contribution in [-0.4, -0.2) is 107 Å². The maximum absolute atomic E-state index is 13.0. The molecule has 2 aromatic heterocycles. The van der Waals surface area contributed by atoms with Crippen molar-refractivity contribution < 1.29 is 23.1 Å². The van der Waals surface area contributed by atoms with E-state index in [4.69, 9.17) is 9.97 Å². The van der Waals surface area contributed by atoms with Gasteiger partial charge in [0.05, 0.1) is 18.4 Å². The summed E-state index contributed by atoms with van der Waals surface area (Å²) < 4.78 is 40.6. The van der Waals surface area contributed by atoms with Crippen molar-refractivity contribution in [1.82, 2.24) is 29.3 Å². The van der Waals surface area contributed by atoms with Gasteiger partial charge in [0, 0.05) is 33.2 Å². The summed E-state index contributed by atoms with van der Waals surface area (Å²) in [5.74, 6) is -0.129. The number of carboxylic acids is 1. The molecule has 1 N–H and O–H groups in total. The predicted molar refractivity (Wildman–Crippen MR) is 139 cm³/mol. The Morgan fingerprint density at radius 3 is 2.34 bits per heavy atom. The molecule has 1 fully saturated rings. The molecule has 206 valence electrons. The summed E-state index contributed by atoms with van der Waals surface area (Å²) in [7, 11) is 5.76. The van der Waals surface area contributed by atoms with Crippen molar-refractivity contribution in [2.24, 2.45) is 0 Å². The Morgan fingerprint density at radius 2 is 1.74 bits per heavy atom. The number of alkyl halides is 3. The molecule has 0 saturated carbocycles. The van der Waals surface area contributed by atoms with Gasteiger partial charge in [0.2, 0.25) is 5.95 Å². The highest BCUT2D eigenvalue weighted by Crippen LogP contribution is 2.30. The first kappa shape index (κ1) is 27.6. The Kier molecular flexibility index (Phi) is 8.36. The van der Waals surface area contributed by atoms with Gasteiger partial charge in [0.25, 0.3) is 0 Å². The van der Waals surface area contributed by atoms with E-state index in [0.29, 0.717) is 28.5 Å². The van der Waals surface area contributed by atoms with E-state index in [2.05, 4.69) is 33.8 Å². The smallest absolute Gasteiger partial charge is 0.416 e. The lowest BCUT2D eigenvalue weighted by Crippen LogP contribution is -2.47. The fraction of sp³-hybridized carbons (Fsp3) is 0.520. The number of benzene rings is 1. The number of halogens is 3. The molecule has 0 amide bonds. The second kappa shape index (κ2) is 11.5. The van der Waals surface area contributed by atoms with E-state index in [1.807, 2.05) is 0 Å². The average molecular weight is 535 g/mol. The number of likely N-dealkylation sites (N-methyl/N-ethyl adjacent to an activating group) is 1. The van der Waals surface area contributed by atoms with E-state index in [1.54, 1.807) is 17.9 Å². The van der Waals surface area contributed by atoms with Gasteiger partial charge in [-0.2, -0.15) is 23.1 Å². The maximum atomic E-state index is 13.0. The Hall–Kier alpha value is -3.45. The minimum Gasteiger partial charge on any atom is -0.480 e. The van der Waals surface area contributed by atoms with E-state index in [1.165, 1.54) is 17.0 Å². The van der Waals surface area contributed by atoms with Crippen LogP contribution in [0.25, 0.3) is 11.2 Å². The fourth-order valence-electron chi connectivity index (χ4n) is 4.50. The molecule has 38 heavy (non-hydrogen) atoms. The number of aromatic nitrogens is 4. The number of rotatable bonds is 10. The largest absolute Gasteiger partial charge is 0.480 e. The number of piperazine rings is 1. The normalized spacial score (nSPS) is 15.0. The summed E-state index contributed by atoms with van der Waals surface area (Å²) in [6.45, 7) is 5.20. The number of anilines is 2. The highest BCUT2D eigenvalue weighted by Gasteiger charge is 2.30. The van der Waals surface area contributed by atoms with Crippen LogP contribution in [0, 0.1) is 0 Å².